The number of hydrogen-bond donors (Lipinski definition) is 1. The summed E-state index contributed by atoms with van der Waals surface area (Å²) in [5.74, 6) is 3.34. The number of anilines is 1. The van der Waals surface area contributed by atoms with Crippen LogP contribution in [0.5, 0.6) is 0 Å². The summed E-state index contributed by atoms with van der Waals surface area (Å²) >= 11 is 0. The minimum absolute atomic E-state index is 0.198. The molecule has 0 saturated heterocycles. The maximum atomic E-state index is 13.5. The average molecular weight is 307 g/mol. The lowest BCUT2D eigenvalue weighted by Crippen LogP contribution is -2.56. The standard InChI is InChI=1S/C17H23F2N3/c18-16(19)13-6-14(21-15-1-2-20-22(13)15)17-7-10-3-11(8-17)5-12(4-10)9-17/h1-2,10-14,16,21H,3-9H2. The molecule has 0 amide bonds. The van der Waals surface area contributed by atoms with Gasteiger partial charge in [0.05, 0.1) is 6.20 Å². The van der Waals surface area contributed by atoms with Crippen LogP contribution in [0.25, 0.3) is 0 Å². The van der Waals surface area contributed by atoms with Crippen molar-refractivity contribution in [3.63, 3.8) is 0 Å². The molecule has 5 aliphatic rings. The molecule has 4 aliphatic carbocycles. The van der Waals surface area contributed by atoms with Crippen LogP contribution >= 0.6 is 0 Å². The van der Waals surface area contributed by atoms with Crippen molar-refractivity contribution >= 4 is 5.82 Å². The maximum Gasteiger partial charge on any atom is 0.260 e. The van der Waals surface area contributed by atoms with E-state index in [0.29, 0.717) is 6.42 Å². The summed E-state index contributed by atoms with van der Waals surface area (Å²) < 4.78 is 28.6. The summed E-state index contributed by atoms with van der Waals surface area (Å²) in [6.07, 6.45) is 7.75. The Bertz CT molecular complexity index is 547. The van der Waals surface area contributed by atoms with Crippen molar-refractivity contribution in [3.8, 4) is 0 Å². The third kappa shape index (κ3) is 1.80. The van der Waals surface area contributed by atoms with Gasteiger partial charge in [0.2, 0.25) is 0 Å². The van der Waals surface area contributed by atoms with Gasteiger partial charge in [-0.2, -0.15) is 5.10 Å². The fourth-order valence-electron chi connectivity index (χ4n) is 6.49. The lowest BCUT2D eigenvalue weighted by molar-refractivity contribution is -0.0723. The van der Waals surface area contributed by atoms with Crippen LogP contribution in [0.1, 0.15) is 51.0 Å². The smallest absolute Gasteiger partial charge is 0.260 e. The number of halogens is 2. The average Bonchev–Trinajstić information content (AvgIpc) is 2.92. The Hall–Kier alpha value is -1.13. The Balaban J connectivity index is 1.49. The third-order valence-corrected chi connectivity index (χ3v) is 6.90. The van der Waals surface area contributed by atoms with Crippen molar-refractivity contribution in [2.75, 3.05) is 5.32 Å². The minimum atomic E-state index is -2.34. The molecule has 2 heterocycles. The Morgan fingerprint density at radius 2 is 1.73 bits per heavy atom. The van der Waals surface area contributed by atoms with Crippen LogP contribution in [-0.2, 0) is 0 Å². The van der Waals surface area contributed by atoms with Crippen LogP contribution < -0.4 is 5.32 Å². The van der Waals surface area contributed by atoms with Crippen molar-refractivity contribution < 1.29 is 8.78 Å². The van der Waals surface area contributed by atoms with Crippen LogP contribution in [0.15, 0.2) is 12.3 Å². The number of alkyl halides is 2. The summed E-state index contributed by atoms with van der Waals surface area (Å²) in [4.78, 5) is 0. The first-order chi connectivity index (χ1) is 10.6. The number of aromatic nitrogens is 2. The van der Waals surface area contributed by atoms with E-state index in [0.717, 1.165) is 23.6 Å². The van der Waals surface area contributed by atoms with E-state index in [2.05, 4.69) is 10.4 Å². The van der Waals surface area contributed by atoms with Gasteiger partial charge in [-0.3, -0.25) is 0 Å². The molecule has 22 heavy (non-hydrogen) atoms. The number of nitrogens with zero attached hydrogens (tertiary/aromatic N) is 2. The molecule has 4 fully saturated rings. The van der Waals surface area contributed by atoms with E-state index >= 15 is 0 Å². The van der Waals surface area contributed by atoms with Gasteiger partial charge in [-0.25, -0.2) is 13.5 Å². The molecule has 0 spiro atoms. The van der Waals surface area contributed by atoms with Gasteiger partial charge in [-0.1, -0.05) is 0 Å². The molecule has 1 aromatic heterocycles. The lowest BCUT2D eigenvalue weighted by Gasteiger charge is -2.60. The molecule has 3 nitrogen and oxygen atoms in total. The monoisotopic (exact) mass is 307 g/mol. The lowest BCUT2D eigenvalue weighted by atomic mass is 9.47. The Kier molecular flexibility index (Phi) is 2.70. The van der Waals surface area contributed by atoms with Gasteiger partial charge in [0.1, 0.15) is 11.9 Å². The summed E-state index contributed by atoms with van der Waals surface area (Å²) in [5, 5.41) is 7.70. The fraction of sp³-hybridized carbons (Fsp3) is 0.824. The van der Waals surface area contributed by atoms with E-state index in [1.807, 2.05) is 6.07 Å². The number of hydrogen-bond acceptors (Lipinski definition) is 2. The van der Waals surface area contributed by atoms with Crippen LogP contribution in [-0.4, -0.2) is 22.2 Å². The molecule has 5 heteroatoms. The van der Waals surface area contributed by atoms with Gasteiger partial charge in [0.25, 0.3) is 6.43 Å². The van der Waals surface area contributed by atoms with Gasteiger partial charge in [-0.15, -0.1) is 0 Å². The molecule has 1 aliphatic heterocycles. The minimum Gasteiger partial charge on any atom is -0.367 e. The summed E-state index contributed by atoms with van der Waals surface area (Å²) in [6, 6.07) is 1.29. The van der Waals surface area contributed by atoms with Crippen LogP contribution in [0.3, 0.4) is 0 Å². The van der Waals surface area contributed by atoms with Crippen molar-refractivity contribution in [2.24, 2.45) is 23.2 Å². The number of fused-ring (bicyclic) bond motifs is 1. The molecule has 4 saturated carbocycles. The molecule has 2 unspecified atom stereocenters. The molecular weight excluding hydrogens is 284 g/mol. The van der Waals surface area contributed by atoms with E-state index in [9.17, 15) is 8.78 Å². The molecule has 6 rings (SSSR count). The highest BCUT2D eigenvalue weighted by Gasteiger charge is 2.55. The van der Waals surface area contributed by atoms with Crippen LogP contribution in [0.2, 0.25) is 0 Å². The van der Waals surface area contributed by atoms with Gasteiger partial charge in [-0.05, 0) is 68.1 Å². The van der Waals surface area contributed by atoms with Gasteiger partial charge < -0.3 is 5.32 Å². The second kappa shape index (κ2) is 4.45. The summed E-state index contributed by atoms with van der Waals surface area (Å²) in [7, 11) is 0. The predicted molar refractivity (Wildman–Crippen MR) is 79.9 cm³/mol. The topological polar surface area (TPSA) is 29.9 Å². The second-order valence-corrected chi connectivity index (χ2v) is 8.28. The van der Waals surface area contributed by atoms with E-state index in [1.165, 1.54) is 43.2 Å². The molecular formula is C17H23F2N3. The second-order valence-electron chi connectivity index (χ2n) is 8.28. The SMILES string of the molecule is FC(F)C1CC(C23CC4CC(CC(C4)C2)C3)Nc2ccnn21. The largest absolute Gasteiger partial charge is 0.367 e. The zero-order valence-electron chi connectivity index (χ0n) is 12.7. The first-order valence-corrected chi connectivity index (χ1v) is 8.71. The maximum absolute atomic E-state index is 13.5. The van der Waals surface area contributed by atoms with Gasteiger partial charge >= 0.3 is 0 Å². The van der Waals surface area contributed by atoms with E-state index in [-0.39, 0.29) is 11.5 Å². The first-order valence-electron chi connectivity index (χ1n) is 8.71. The first kappa shape index (κ1) is 13.3. The van der Waals surface area contributed by atoms with Gasteiger partial charge in [0.15, 0.2) is 0 Å². The zero-order valence-corrected chi connectivity index (χ0v) is 12.7. The van der Waals surface area contributed by atoms with Crippen molar-refractivity contribution in [2.45, 2.75) is 63.5 Å². The zero-order chi connectivity index (χ0) is 14.9. The van der Waals surface area contributed by atoms with E-state index in [1.54, 1.807) is 6.20 Å². The van der Waals surface area contributed by atoms with Gasteiger partial charge in [0, 0.05) is 12.1 Å². The highest BCUT2D eigenvalue weighted by Crippen LogP contribution is 2.62. The van der Waals surface area contributed by atoms with Crippen molar-refractivity contribution in [1.29, 1.82) is 0 Å². The molecule has 0 aromatic carbocycles. The fourth-order valence-corrected chi connectivity index (χ4v) is 6.49. The molecule has 1 N–H and O–H groups in total. The predicted octanol–water partition coefficient (Wildman–Crippen LogP) is 4.09. The Labute approximate surface area is 129 Å². The normalized spacial score (nSPS) is 45.9. The number of nitrogens with one attached hydrogen (secondary N) is 1. The third-order valence-electron chi connectivity index (χ3n) is 6.90. The van der Waals surface area contributed by atoms with Crippen molar-refractivity contribution in [3.05, 3.63) is 12.3 Å². The molecule has 4 bridgehead atoms. The molecule has 120 valence electrons. The highest BCUT2D eigenvalue weighted by molar-refractivity contribution is 5.39. The van der Waals surface area contributed by atoms with Crippen LogP contribution in [0, 0.1) is 23.2 Å². The Morgan fingerprint density at radius 1 is 1.09 bits per heavy atom. The molecule has 1 aromatic rings. The molecule has 0 radical (unpaired) electrons. The van der Waals surface area contributed by atoms with E-state index < -0.39 is 12.5 Å². The quantitative estimate of drug-likeness (QED) is 0.892. The van der Waals surface area contributed by atoms with E-state index in [4.69, 9.17) is 0 Å². The number of rotatable bonds is 2. The van der Waals surface area contributed by atoms with Crippen LogP contribution in [0.4, 0.5) is 14.6 Å². The highest BCUT2D eigenvalue weighted by atomic mass is 19.3. The molecule has 2 atom stereocenters. The summed E-state index contributed by atoms with van der Waals surface area (Å²) in [5.41, 5.74) is 0.261. The Morgan fingerprint density at radius 3 is 2.32 bits per heavy atom. The van der Waals surface area contributed by atoms with Crippen molar-refractivity contribution in [1.82, 2.24) is 9.78 Å². The summed E-state index contributed by atoms with van der Waals surface area (Å²) in [6.45, 7) is 0.